The Balaban J connectivity index is 2.59. The van der Waals surface area contributed by atoms with Gasteiger partial charge in [0.2, 0.25) is 0 Å². The number of benzene rings is 1. The third kappa shape index (κ3) is 0.810. The second-order valence-corrected chi connectivity index (χ2v) is 2.31. The van der Waals surface area contributed by atoms with Crippen LogP contribution < -0.4 is 13.7 Å². The minimum absolute atomic E-state index is 0.361. The summed E-state index contributed by atoms with van der Waals surface area (Å²) < 4.78 is 11.5. The summed E-state index contributed by atoms with van der Waals surface area (Å²) in [5, 5.41) is 0. The molecule has 0 radical (unpaired) electrons. The first-order valence-corrected chi connectivity index (χ1v) is 3.23. The van der Waals surface area contributed by atoms with Crippen molar-refractivity contribution in [3.63, 3.8) is 0 Å². The Morgan fingerprint density at radius 3 is 3.00 bits per heavy atom. The van der Waals surface area contributed by atoms with Gasteiger partial charge in [-0.2, -0.15) is 0 Å². The van der Waals surface area contributed by atoms with E-state index in [0.717, 1.165) is 15.7 Å². The van der Waals surface area contributed by atoms with Crippen molar-refractivity contribution in [2.45, 2.75) is 0 Å². The number of fused-ring (bicyclic) bond motifs is 1. The van der Waals surface area contributed by atoms with Gasteiger partial charge in [-0.05, 0) is 0 Å². The average molecular weight is 128 g/mol. The van der Waals surface area contributed by atoms with Crippen LogP contribution in [-0.2, 0) is 0 Å². The summed E-state index contributed by atoms with van der Waals surface area (Å²) in [6, 6.07) is 5.88. The first kappa shape index (κ1) is 6.15. The summed E-state index contributed by atoms with van der Waals surface area (Å²) in [5.41, 5.74) is 0. The van der Waals surface area contributed by atoms with E-state index in [-0.39, 0.29) is 0 Å². The SMILES string of the molecule is [Li][c]1cccc2c1OCO2. The van der Waals surface area contributed by atoms with Crippen molar-refractivity contribution in [3.05, 3.63) is 18.2 Å². The van der Waals surface area contributed by atoms with Crippen LogP contribution in [0.25, 0.3) is 0 Å². The van der Waals surface area contributed by atoms with Crippen LogP contribution in [0.5, 0.6) is 11.5 Å². The number of rotatable bonds is 0. The molecule has 1 aromatic carbocycles. The molecule has 0 atom stereocenters. The van der Waals surface area contributed by atoms with Crippen LogP contribution in [0.1, 0.15) is 0 Å². The molecule has 2 nitrogen and oxygen atoms in total. The Morgan fingerprint density at radius 1 is 1.30 bits per heavy atom. The number of hydrogen-bond acceptors (Lipinski definition) is 2. The van der Waals surface area contributed by atoms with Crippen molar-refractivity contribution in [2.75, 3.05) is 6.79 Å². The Hall–Kier alpha value is -0.583. The van der Waals surface area contributed by atoms with Gasteiger partial charge < -0.3 is 0 Å². The quantitative estimate of drug-likeness (QED) is 0.465. The van der Waals surface area contributed by atoms with E-state index < -0.39 is 0 Å². The molecule has 0 N–H and O–H groups in total. The Kier molecular flexibility index (Phi) is 1.37. The van der Waals surface area contributed by atoms with Gasteiger partial charge in [0.15, 0.2) is 0 Å². The molecule has 0 fully saturated rings. The average Bonchev–Trinajstić information content (AvgIpc) is 2.36. The molecule has 1 aromatic rings. The van der Waals surface area contributed by atoms with Gasteiger partial charge in [0.25, 0.3) is 0 Å². The zero-order valence-electron chi connectivity index (χ0n) is 5.76. The van der Waals surface area contributed by atoms with Crippen LogP contribution in [0.4, 0.5) is 0 Å². The predicted molar refractivity (Wildman–Crippen MR) is 38.0 cm³/mol. The molecule has 1 aliphatic heterocycles. The molecule has 0 amide bonds. The third-order valence-electron chi connectivity index (χ3n) is 1.59. The summed E-state index contributed by atoms with van der Waals surface area (Å²) in [6.07, 6.45) is 0. The number of para-hydroxylation sites is 1. The van der Waals surface area contributed by atoms with E-state index in [2.05, 4.69) is 0 Å². The molecule has 0 bridgehead atoms. The standard InChI is InChI=1S/C7H5O2.Li/c1-2-4-7-6(3-1)8-5-9-7;/h1-3H,5H2;. The third-order valence-corrected chi connectivity index (χ3v) is 1.59. The van der Waals surface area contributed by atoms with E-state index in [0.29, 0.717) is 6.79 Å². The van der Waals surface area contributed by atoms with Crippen LogP contribution in [0, 0.1) is 0 Å². The molecule has 0 aromatic heterocycles. The molecule has 0 spiro atoms. The first-order chi connectivity index (χ1) is 4.88. The predicted octanol–water partition coefficient (Wildman–Crippen LogP) is 0.209. The van der Waals surface area contributed by atoms with Crippen LogP contribution in [-0.4, -0.2) is 24.5 Å². The molecule has 1 aliphatic rings. The van der Waals surface area contributed by atoms with Gasteiger partial charge in [0.05, 0.1) is 0 Å². The summed E-state index contributed by atoms with van der Waals surface area (Å²) in [7, 11) is 0. The van der Waals surface area contributed by atoms with Gasteiger partial charge in [-0.25, -0.2) is 0 Å². The molecule has 0 aliphatic carbocycles. The summed E-state index contributed by atoms with van der Waals surface area (Å²) in [6.45, 7) is 0.361. The second kappa shape index (κ2) is 2.23. The van der Waals surface area contributed by atoms with Gasteiger partial charge in [0.1, 0.15) is 0 Å². The van der Waals surface area contributed by atoms with Gasteiger partial charge in [-0.3, -0.25) is 0 Å². The fraction of sp³-hybridized carbons (Fsp3) is 0.143. The zero-order chi connectivity index (χ0) is 6.97. The zero-order valence-corrected chi connectivity index (χ0v) is 5.76. The molecule has 0 saturated carbocycles. The van der Waals surface area contributed by atoms with Crippen molar-refractivity contribution in [2.24, 2.45) is 0 Å². The van der Waals surface area contributed by atoms with E-state index >= 15 is 0 Å². The van der Waals surface area contributed by atoms with E-state index in [4.69, 9.17) is 9.47 Å². The van der Waals surface area contributed by atoms with Crippen molar-refractivity contribution >= 4 is 22.0 Å². The first-order valence-electron chi connectivity index (χ1n) is 3.23. The van der Waals surface area contributed by atoms with Crippen LogP contribution in [0.2, 0.25) is 0 Å². The van der Waals surface area contributed by atoms with Gasteiger partial charge in [0, 0.05) is 0 Å². The monoisotopic (exact) mass is 128 g/mol. The van der Waals surface area contributed by atoms with Gasteiger partial charge in [-0.1, -0.05) is 0 Å². The summed E-state index contributed by atoms with van der Waals surface area (Å²) in [5.74, 6) is 1.75. The molecule has 0 unspecified atom stereocenters. The van der Waals surface area contributed by atoms with Crippen LogP contribution in [0.3, 0.4) is 0 Å². The molecule has 46 valence electrons. The normalized spacial score (nSPS) is 13.8. The van der Waals surface area contributed by atoms with Crippen molar-refractivity contribution in [1.82, 2.24) is 0 Å². The van der Waals surface area contributed by atoms with Crippen LogP contribution >= 0.6 is 0 Å². The summed E-state index contributed by atoms with van der Waals surface area (Å²) in [4.78, 5) is 0. The van der Waals surface area contributed by atoms with Gasteiger partial charge in [-0.15, -0.1) is 0 Å². The van der Waals surface area contributed by atoms with E-state index in [1.165, 1.54) is 0 Å². The molecule has 2 rings (SSSR count). The Bertz CT molecular complexity index is 260. The van der Waals surface area contributed by atoms with Crippen molar-refractivity contribution < 1.29 is 9.47 Å². The van der Waals surface area contributed by atoms with E-state index in [1.54, 1.807) is 0 Å². The van der Waals surface area contributed by atoms with E-state index in [9.17, 15) is 0 Å². The number of ether oxygens (including phenoxy) is 2. The molecule has 3 heteroatoms. The fourth-order valence-corrected chi connectivity index (χ4v) is 1.08. The maximum absolute atomic E-state index is 5.21. The number of hydrogen-bond donors (Lipinski definition) is 0. The minimum atomic E-state index is 0.361. The molecule has 0 saturated heterocycles. The van der Waals surface area contributed by atoms with E-state index in [1.807, 2.05) is 35.9 Å². The molecule has 10 heavy (non-hydrogen) atoms. The summed E-state index contributed by atoms with van der Waals surface area (Å²) >= 11 is 2.01. The maximum atomic E-state index is 5.21. The van der Waals surface area contributed by atoms with Crippen molar-refractivity contribution in [3.8, 4) is 11.5 Å². The fourth-order valence-electron chi connectivity index (χ4n) is 1.08. The molecular weight excluding hydrogens is 123 g/mol. The van der Waals surface area contributed by atoms with Crippen LogP contribution in [0.15, 0.2) is 18.2 Å². The Labute approximate surface area is 68.3 Å². The topological polar surface area (TPSA) is 18.5 Å². The molecule has 1 heterocycles. The Morgan fingerprint density at radius 2 is 2.20 bits per heavy atom. The molecular formula is C7H5LiO2. The van der Waals surface area contributed by atoms with Gasteiger partial charge >= 0.3 is 67.9 Å². The second-order valence-electron chi connectivity index (χ2n) is 2.31. The van der Waals surface area contributed by atoms with Crippen molar-refractivity contribution in [1.29, 1.82) is 0 Å².